The van der Waals surface area contributed by atoms with E-state index in [1.165, 1.54) is 36.4 Å². The summed E-state index contributed by atoms with van der Waals surface area (Å²) in [7, 11) is -3.30. The Balaban J connectivity index is 2.57. The lowest BCUT2D eigenvalue weighted by Crippen LogP contribution is -2.36. The summed E-state index contributed by atoms with van der Waals surface area (Å²) in [6, 6.07) is 9.89. The number of hydrogen-bond donors (Lipinski definition) is 0. The molecule has 0 spiro atoms. The fourth-order valence-corrected chi connectivity index (χ4v) is 3.83. The maximum absolute atomic E-state index is 13.1. The number of non-ortho nitro benzene ring substituents is 1. The van der Waals surface area contributed by atoms with Crippen molar-refractivity contribution in [3.05, 3.63) is 64.2 Å². The second kappa shape index (κ2) is 9.15. The molecule has 0 radical (unpaired) electrons. The van der Waals surface area contributed by atoms with Crippen molar-refractivity contribution in [2.75, 3.05) is 24.6 Å². The Morgan fingerprint density at radius 2 is 1.83 bits per heavy atom. The molecule has 154 valence electrons. The van der Waals surface area contributed by atoms with Crippen LogP contribution in [0.3, 0.4) is 0 Å². The van der Waals surface area contributed by atoms with Gasteiger partial charge < -0.3 is 9.47 Å². The second-order valence-corrected chi connectivity index (χ2v) is 7.48. The predicted molar refractivity (Wildman–Crippen MR) is 102 cm³/mol. The van der Waals surface area contributed by atoms with E-state index in [1.807, 2.05) is 0 Å². The average molecular weight is 422 g/mol. The van der Waals surface area contributed by atoms with Gasteiger partial charge in [0, 0.05) is 12.1 Å². The predicted octanol–water partition coefficient (Wildman–Crippen LogP) is 2.14. The molecule has 29 heavy (non-hydrogen) atoms. The van der Waals surface area contributed by atoms with Crippen LogP contribution in [0.4, 0.5) is 11.4 Å². The summed E-state index contributed by atoms with van der Waals surface area (Å²) in [4.78, 5) is 33.7. The first-order valence-corrected chi connectivity index (χ1v) is 9.76. The maximum atomic E-state index is 13.1. The fourth-order valence-electron chi connectivity index (χ4n) is 2.38. The summed E-state index contributed by atoms with van der Waals surface area (Å²) in [5, 5.41) is 11.0. The molecule has 2 aromatic rings. The SMILES string of the molecule is CCOC(=O)c1cccc(N(CC(=O)OC)S(=O)(=O)c2cccc([N+](=O)[O-])c2)c1. The number of carbonyl (C=O) groups is 2. The van der Waals surface area contributed by atoms with E-state index < -0.39 is 44.0 Å². The molecule has 0 atom stereocenters. The van der Waals surface area contributed by atoms with E-state index in [4.69, 9.17) is 4.74 Å². The number of nitro benzene ring substituents is 1. The van der Waals surface area contributed by atoms with Gasteiger partial charge in [0.05, 0.1) is 34.8 Å². The zero-order chi connectivity index (χ0) is 21.6. The van der Waals surface area contributed by atoms with Gasteiger partial charge in [-0.1, -0.05) is 12.1 Å². The molecular weight excluding hydrogens is 404 g/mol. The minimum atomic E-state index is -4.39. The molecule has 0 saturated carbocycles. The number of rotatable bonds is 8. The topological polar surface area (TPSA) is 133 Å². The standard InChI is InChI=1S/C18H18N2O8S/c1-3-28-18(22)13-6-4-7-14(10-13)19(12-17(21)27-2)29(25,26)16-9-5-8-15(11-16)20(23)24/h4-11H,3,12H2,1-2H3. The van der Waals surface area contributed by atoms with Crippen molar-refractivity contribution in [1.29, 1.82) is 0 Å². The van der Waals surface area contributed by atoms with Gasteiger partial charge in [-0.25, -0.2) is 13.2 Å². The van der Waals surface area contributed by atoms with E-state index in [9.17, 15) is 28.1 Å². The van der Waals surface area contributed by atoms with Crippen molar-refractivity contribution in [2.45, 2.75) is 11.8 Å². The van der Waals surface area contributed by atoms with E-state index in [1.54, 1.807) is 6.92 Å². The summed E-state index contributed by atoms with van der Waals surface area (Å²) in [6.45, 7) is 1.05. The van der Waals surface area contributed by atoms with Gasteiger partial charge in [0.15, 0.2) is 0 Å². The Morgan fingerprint density at radius 3 is 2.45 bits per heavy atom. The largest absolute Gasteiger partial charge is 0.468 e. The Labute approximate surface area is 166 Å². The zero-order valence-corrected chi connectivity index (χ0v) is 16.4. The molecule has 11 heteroatoms. The van der Waals surface area contributed by atoms with E-state index >= 15 is 0 Å². The molecule has 2 aromatic carbocycles. The number of nitrogens with zero attached hydrogens (tertiary/aromatic N) is 2. The van der Waals surface area contributed by atoms with Crippen molar-refractivity contribution in [2.24, 2.45) is 0 Å². The fraction of sp³-hybridized carbons (Fsp3) is 0.222. The normalized spacial score (nSPS) is 10.8. The number of ether oxygens (including phenoxy) is 2. The Morgan fingerprint density at radius 1 is 1.14 bits per heavy atom. The summed E-state index contributed by atoms with van der Waals surface area (Å²) >= 11 is 0. The third-order valence-corrected chi connectivity index (χ3v) is 5.53. The first kappa shape index (κ1) is 21.8. The minimum Gasteiger partial charge on any atom is -0.468 e. The van der Waals surface area contributed by atoms with E-state index in [2.05, 4.69) is 4.74 Å². The highest BCUT2D eigenvalue weighted by Crippen LogP contribution is 2.27. The molecular formula is C18H18N2O8S. The number of sulfonamides is 1. The molecule has 0 aliphatic rings. The van der Waals surface area contributed by atoms with Gasteiger partial charge in [-0.2, -0.15) is 0 Å². The lowest BCUT2D eigenvalue weighted by atomic mass is 10.2. The van der Waals surface area contributed by atoms with Crippen LogP contribution >= 0.6 is 0 Å². The highest BCUT2D eigenvalue weighted by Gasteiger charge is 2.29. The Bertz CT molecular complexity index is 1040. The molecule has 0 N–H and O–H groups in total. The first-order valence-electron chi connectivity index (χ1n) is 8.32. The number of anilines is 1. The minimum absolute atomic E-state index is 0.00698. The van der Waals surface area contributed by atoms with Crippen molar-refractivity contribution < 1.29 is 32.4 Å². The molecule has 0 fully saturated rings. The van der Waals surface area contributed by atoms with Gasteiger partial charge in [-0.05, 0) is 31.2 Å². The molecule has 2 rings (SSSR count). The first-order chi connectivity index (χ1) is 13.7. The molecule has 0 amide bonds. The summed E-state index contributed by atoms with van der Waals surface area (Å²) in [6.07, 6.45) is 0. The Kier molecular flexibility index (Phi) is 6.89. The quantitative estimate of drug-likeness (QED) is 0.359. The second-order valence-electron chi connectivity index (χ2n) is 5.61. The monoisotopic (exact) mass is 422 g/mol. The van der Waals surface area contributed by atoms with Gasteiger partial charge in [0.25, 0.3) is 15.7 Å². The van der Waals surface area contributed by atoms with E-state index in [0.29, 0.717) is 4.31 Å². The third kappa shape index (κ3) is 5.08. The number of methoxy groups -OCH3 is 1. The molecule has 10 nitrogen and oxygen atoms in total. The van der Waals surface area contributed by atoms with Crippen molar-refractivity contribution in [3.63, 3.8) is 0 Å². The molecule has 0 aromatic heterocycles. The van der Waals surface area contributed by atoms with E-state index in [0.717, 1.165) is 19.2 Å². The van der Waals surface area contributed by atoms with Crippen LogP contribution in [0, 0.1) is 10.1 Å². The van der Waals surface area contributed by atoms with Crippen molar-refractivity contribution >= 4 is 33.3 Å². The van der Waals surface area contributed by atoms with Gasteiger partial charge in [0.2, 0.25) is 0 Å². The maximum Gasteiger partial charge on any atom is 0.338 e. The van der Waals surface area contributed by atoms with Crippen molar-refractivity contribution in [3.8, 4) is 0 Å². The summed E-state index contributed by atoms with van der Waals surface area (Å²) < 4.78 is 36.5. The zero-order valence-electron chi connectivity index (χ0n) is 15.6. The molecule has 0 saturated heterocycles. The molecule has 0 aliphatic carbocycles. The van der Waals surface area contributed by atoms with Crippen LogP contribution < -0.4 is 4.31 Å². The van der Waals surface area contributed by atoms with Gasteiger partial charge in [-0.15, -0.1) is 0 Å². The summed E-state index contributed by atoms with van der Waals surface area (Å²) in [5.41, 5.74) is -0.356. The summed E-state index contributed by atoms with van der Waals surface area (Å²) in [5.74, 6) is -1.53. The van der Waals surface area contributed by atoms with Crippen LogP contribution in [0.2, 0.25) is 0 Å². The highest BCUT2D eigenvalue weighted by molar-refractivity contribution is 7.92. The van der Waals surface area contributed by atoms with Crippen LogP contribution in [-0.4, -0.2) is 45.5 Å². The number of esters is 2. The van der Waals surface area contributed by atoms with Crippen LogP contribution in [0.25, 0.3) is 0 Å². The van der Waals surface area contributed by atoms with Crippen LogP contribution in [0.5, 0.6) is 0 Å². The van der Waals surface area contributed by atoms with Crippen LogP contribution in [-0.2, 0) is 24.3 Å². The van der Waals surface area contributed by atoms with Gasteiger partial charge >= 0.3 is 11.9 Å². The van der Waals surface area contributed by atoms with Crippen molar-refractivity contribution in [1.82, 2.24) is 0 Å². The van der Waals surface area contributed by atoms with Gasteiger partial charge in [-0.3, -0.25) is 19.2 Å². The highest BCUT2D eigenvalue weighted by atomic mass is 32.2. The van der Waals surface area contributed by atoms with Crippen LogP contribution in [0.1, 0.15) is 17.3 Å². The molecule has 0 bridgehead atoms. The third-order valence-electron chi connectivity index (χ3n) is 3.76. The van der Waals surface area contributed by atoms with E-state index in [-0.39, 0.29) is 17.9 Å². The number of carbonyl (C=O) groups excluding carboxylic acids is 2. The van der Waals surface area contributed by atoms with Crippen LogP contribution in [0.15, 0.2) is 53.4 Å². The Hall–Kier alpha value is -3.47. The van der Waals surface area contributed by atoms with Gasteiger partial charge in [0.1, 0.15) is 6.54 Å². The number of benzene rings is 2. The number of nitro groups is 1. The average Bonchev–Trinajstić information content (AvgIpc) is 2.72. The lowest BCUT2D eigenvalue weighted by molar-refractivity contribution is -0.385. The molecule has 0 heterocycles. The smallest absolute Gasteiger partial charge is 0.338 e. The molecule has 0 unspecified atom stereocenters. The number of hydrogen-bond acceptors (Lipinski definition) is 8. The molecule has 0 aliphatic heterocycles. The lowest BCUT2D eigenvalue weighted by Gasteiger charge is -2.23.